The Hall–Kier alpha value is -2.13. The Morgan fingerprint density at radius 2 is 1.42 bits per heavy atom. The minimum atomic E-state index is -0.888. The van der Waals surface area contributed by atoms with Crippen molar-refractivity contribution in [1.82, 2.24) is 5.32 Å². The number of hydrogen-bond acceptors (Lipinski definition) is 3. The van der Waals surface area contributed by atoms with E-state index < -0.39 is 5.54 Å². The van der Waals surface area contributed by atoms with Gasteiger partial charge in [0.1, 0.15) is 6.61 Å². The lowest BCUT2D eigenvalue weighted by atomic mass is 9.82. The lowest BCUT2D eigenvalue weighted by molar-refractivity contribution is -0.154. The Bertz CT molecular complexity index is 526. The molecule has 3 nitrogen and oxygen atoms in total. The molecule has 1 N–H and O–H groups in total. The van der Waals surface area contributed by atoms with E-state index in [0.717, 1.165) is 11.1 Å². The van der Waals surface area contributed by atoms with E-state index in [1.54, 1.807) is 0 Å². The van der Waals surface area contributed by atoms with Gasteiger partial charge in [-0.3, -0.25) is 5.32 Å². The molecule has 0 aromatic heterocycles. The maximum absolute atomic E-state index is 12.4. The summed E-state index contributed by atoms with van der Waals surface area (Å²) in [6.07, 6.45) is 0. The van der Waals surface area contributed by atoms with Crippen LogP contribution in [0.5, 0.6) is 0 Å². The van der Waals surface area contributed by atoms with Crippen molar-refractivity contribution in [3.05, 3.63) is 71.8 Å². The highest BCUT2D eigenvalue weighted by Gasteiger charge is 2.45. The van der Waals surface area contributed by atoms with E-state index in [4.69, 9.17) is 4.74 Å². The van der Waals surface area contributed by atoms with Gasteiger partial charge in [0, 0.05) is 6.54 Å². The summed E-state index contributed by atoms with van der Waals surface area (Å²) in [7, 11) is 0. The molecule has 3 heteroatoms. The average molecular weight is 253 g/mol. The summed E-state index contributed by atoms with van der Waals surface area (Å²) in [6.45, 7) is 1.07. The second-order valence-electron chi connectivity index (χ2n) is 4.54. The number of nitrogens with one attached hydrogen (secondary N) is 1. The van der Waals surface area contributed by atoms with Crippen LogP contribution in [0.3, 0.4) is 0 Å². The van der Waals surface area contributed by atoms with Gasteiger partial charge in [0.2, 0.25) is 0 Å². The van der Waals surface area contributed by atoms with Crippen molar-refractivity contribution in [2.24, 2.45) is 0 Å². The Morgan fingerprint density at radius 3 is 1.89 bits per heavy atom. The first-order valence-electron chi connectivity index (χ1n) is 6.37. The van der Waals surface area contributed by atoms with E-state index in [2.05, 4.69) is 5.32 Å². The number of esters is 1. The molecule has 2 aromatic carbocycles. The fraction of sp³-hybridized carbons (Fsp3) is 0.188. The minimum Gasteiger partial charge on any atom is -0.462 e. The molecular formula is C16H15NO2. The third-order valence-corrected chi connectivity index (χ3v) is 3.45. The number of rotatable bonds is 2. The first-order valence-corrected chi connectivity index (χ1v) is 6.37. The number of morpholine rings is 1. The Balaban J connectivity index is 2.19. The summed E-state index contributed by atoms with van der Waals surface area (Å²) in [5, 5.41) is 3.34. The molecule has 0 atom stereocenters. The molecule has 1 aliphatic heterocycles. The molecule has 1 aliphatic rings. The third-order valence-electron chi connectivity index (χ3n) is 3.45. The zero-order valence-electron chi connectivity index (χ0n) is 10.5. The average Bonchev–Trinajstić information content (AvgIpc) is 2.50. The molecule has 0 spiro atoms. The predicted molar refractivity (Wildman–Crippen MR) is 72.6 cm³/mol. The zero-order valence-corrected chi connectivity index (χ0v) is 10.5. The molecule has 2 aromatic rings. The number of carbonyl (C=O) groups is 1. The lowest BCUT2D eigenvalue weighted by Gasteiger charge is -2.37. The first-order chi connectivity index (χ1) is 9.34. The Labute approximate surface area is 112 Å². The van der Waals surface area contributed by atoms with E-state index in [1.165, 1.54) is 0 Å². The van der Waals surface area contributed by atoms with Crippen molar-refractivity contribution in [1.29, 1.82) is 0 Å². The number of cyclic esters (lactones) is 1. The fourth-order valence-electron chi connectivity index (χ4n) is 2.55. The van der Waals surface area contributed by atoms with Crippen LogP contribution >= 0.6 is 0 Å². The van der Waals surface area contributed by atoms with Gasteiger partial charge in [0.15, 0.2) is 5.54 Å². The molecule has 0 bridgehead atoms. The van der Waals surface area contributed by atoms with Crippen molar-refractivity contribution in [3.63, 3.8) is 0 Å². The van der Waals surface area contributed by atoms with Crippen molar-refractivity contribution in [2.75, 3.05) is 13.2 Å². The molecule has 1 heterocycles. The summed E-state index contributed by atoms with van der Waals surface area (Å²) in [5.41, 5.74) is 0.928. The highest BCUT2D eigenvalue weighted by Crippen LogP contribution is 2.32. The summed E-state index contributed by atoms with van der Waals surface area (Å²) in [6, 6.07) is 19.4. The molecule has 0 radical (unpaired) electrons. The van der Waals surface area contributed by atoms with Gasteiger partial charge >= 0.3 is 5.97 Å². The highest BCUT2D eigenvalue weighted by molar-refractivity contribution is 5.87. The standard InChI is InChI=1S/C16H15NO2/c18-15-16(17-11-12-19-15,13-7-3-1-4-8-13)14-9-5-2-6-10-14/h1-10,17H,11-12H2. The van der Waals surface area contributed by atoms with Gasteiger partial charge in [-0.15, -0.1) is 0 Å². The van der Waals surface area contributed by atoms with Crippen LogP contribution in [0.15, 0.2) is 60.7 Å². The van der Waals surface area contributed by atoms with Crippen molar-refractivity contribution in [3.8, 4) is 0 Å². The van der Waals surface area contributed by atoms with Crippen molar-refractivity contribution < 1.29 is 9.53 Å². The molecule has 0 unspecified atom stereocenters. The van der Waals surface area contributed by atoms with Crippen molar-refractivity contribution >= 4 is 5.97 Å². The SMILES string of the molecule is O=C1OCCNC1(c1ccccc1)c1ccccc1. The van der Waals surface area contributed by atoms with Crippen LogP contribution in [-0.2, 0) is 15.1 Å². The largest absolute Gasteiger partial charge is 0.462 e. The van der Waals surface area contributed by atoms with E-state index in [-0.39, 0.29) is 5.97 Å². The van der Waals surface area contributed by atoms with Crippen LogP contribution in [0.1, 0.15) is 11.1 Å². The second kappa shape index (κ2) is 4.86. The topological polar surface area (TPSA) is 38.3 Å². The molecule has 0 saturated carbocycles. The van der Waals surface area contributed by atoms with Crippen LogP contribution in [0, 0.1) is 0 Å². The molecule has 3 rings (SSSR count). The van der Waals surface area contributed by atoms with Crippen LogP contribution in [0.4, 0.5) is 0 Å². The molecule has 96 valence electrons. The van der Waals surface area contributed by atoms with Gasteiger partial charge in [0.05, 0.1) is 0 Å². The summed E-state index contributed by atoms with van der Waals surface area (Å²) < 4.78 is 5.30. The van der Waals surface area contributed by atoms with Gasteiger partial charge < -0.3 is 4.74 Å². The van der Waals surface area contributed by atoms with Gasteiger partial charge in [0.25, 0.3) is 0 Å². The van der Waals surface area contributed by atoms with Crippen LogP contribution < -0.4 is 5.32 Å². The van der Waals surface area contributed by atoms with Crippen LogP contribution in [0.2, 0.25) is 0 Å². The summed E-state index contributed by atoms with van der Waals surface area (Å²) in [5.74, 6) is -0.240. The van der Waals surface area contributed by atoms with E-state index >= 15 is 0 Å². The molecule has 1 saturated heterocycles. The Morgan fingerprint density at radius 1 is 0.895 bits per heavy atom. The van der Waals surface area contributed by atoms with Crippen LogP contribution in [-0.4, -0.2) is 19.1 Å². The second-order valence-corrected chi connectivity index (χ2v) is 4.54. The quantitative estimate of drug-likeness (QED) is 0.833. The third kappa shape index (κ3) is 1.92. The molecular weight excluding hydrogens is 238 g/mol. The van der Waals surface area contributed by atoms with E-state index in [0.29, 0.717) is 13.2 Å². The lowest BCUT2D eigenvalue weighted by Crippen LogP contribution is -2.56. The minimum absolute atomic E-state index is 0.240. The summed E-state index contributed by atoms with van der Waals surface area (Å²) in [4.78, 5) is 12.4. The van der Waals surface area contributed by atoms with Gasteiger partial charge in [-0.05, 0) is 11.1 Å². The molecule has 0 aliphatic carbocycles. The first kappa shape index (κ1) is 11.9. The van der Waals surface area contributed by atoms with Crippen LogP contribution in [0.25, 0.3) is 0 Å². The number of ether oxygens (including phenoxy) is 1. The molecule has 19 heavy (non-hydrogen) atoms. The fourth-order valence-corrected chi connectivity index (χ4v) is 2.55. The smallest absolute Gasteiger partial charge is 0.335 e. The van der Waals surface area contributed by atoms with E-state index in [1.807, 2.05) is 60.7 Å². The number of carbonyl (C=O) groups excluding carboxylic acids is 1. The van der Waals surface area contributed by atoms with Gasteiger partial charge in [-0.1, -0.05) is 60.7 Å². The predicted octanol–water partition coefficient (Wildman–Crippen LogP) is 2.08. The van der Waals surface area contributed by atoms with Crippen molar-refractivity contribution in [2.45, 2.75) is 5.54 Å². The monoisotopic (exact) mass is 253 g/mol. The number of hydrogen-bond donors (Lipinski definition) is 1. The van der Waals surface area contributed by atoms with E-state index in [9.17, 15) is 4.79 Å². The molecule has 1 fully saturated rings. The normalized spacial score (nSPS) is 17.8. The molecule has 0 amide bonds. The highest BCUT2D eigenvalue weighted by atomic mass is 16.5. The Kier molecular flexibility index (Phi) is 3.05. The van der Waals surface area contributed by atoms with Gasteiger partial charge in [-0.25, -0.2) is 4.79 Å². The zero-order chi connectivity index (χ0) is 13.1. The maximum atomic E-state index is 12.4. The van der Waals surface area contributed by atoms with Gasteiger partial charge in [-0.2, -0.15) is 0 Å². The summed E-state index contributed by atoms with van der Waals surface area (Å²) >= 11 is 0. The number of benzene rings is 2. The maximum Gasteiger partial charge on any atom is 0.335 e.